The first-order valence-electron chi connectivity index (χ1n) is 6.52. The van der Waals surface area contributed by atoms with E-state index in [1.54, 1.807) is 0 Å². The van der Waals surface area contributed by atoms with Crippen molar-refractivity contribution in [2.75, 3.05) is 6.61 Å². The number of carbonyl (C=O) groups is 1. The second-order valence-corrected chi connectivity index (χ2v) is 5.42. The molecule has 2 nitrogen and oxygen atoms in total. The van der Waals surface area contributed by atoms with E-state index in [4.69, 9.17) is 4.74 Å². The predicted molar refractivity (Wildman–Crippen MR) is 75.1 cm³/mol. The Morgan fingerprint density at radius 1 is 1.17 bits per heavy atom. The summed E-state index contributed by atoms with van der Waals surface area (Å²) in [4.78, 5) is 12.3. The monoisotopic (exact) mass is 248 g/mol. The zero-order valence-corrected chi connectivity index (χ0v) is 12.4. The lowest BCUT2D eigenvalue weighted by Gasteiger charge is -2.24. The highest BCUT2D eigenvalue weighted by atomic mass is 16.5. The maximum absolute atomic E-state index is 12.3. The van der Waals surface area contributed by atoms with Crippen LogP contribution in [0.25, 0.3) is 0 Å². The number of benzene rings is 1. The predicted octanol–water partition coefficient (Wildman–Crippen LogP) is 3.54. The van der Waals surface area contributed by atoms with E-state index in [9.17, 15) is 4.79 Å². The quantitative estimate of drug-likeness (QED) is 0.796. The minimum atomic E-state index is -0.696. The van der Waals surface area contributed by atoms with Crippen LogP contribution >= 0.6 is 0 Å². The number of rotatable bonds is 5. The first-order chi connectivity index (χ1) is 8.27. The Balaban J connectivity index is 2.95. The van der Waals surface area contributed by atoms with E-state index in [0.717, 1.165) is 5.56 Å². The number of carbonyl (C=O) groups excluding carboxylic acids is 1. The SMILES string of the molecule is CCOC(C)(C)C(=O)Cc1c(C)cc(C)cc1C. The average molecular weight is 248 g/mol. The lowest BCUT2D eigenvalue weighted by atomic mass is 9.91. The van der Waals surface area contributed by atoms with Gasteiger partial charge in [0, 0.05) is 13.0 Å². The van der Waals surface area contributed by atoms with Gasteiger partial charge in [0.25, 0.3) is 0 Å². The molecule has 0 spiro atoms. The van der Waals surface area contributed by atoms with Crippen LogP contribution in [-0.4, -0.2) is 18.0 Å². The van der Waals surface area contributed by atoms with E-state index in [1.165, 1.54) is 16.7 Å². The van der Waals surface area contributed by atoms with Crippen molar-refractivity contribution in [2.45, 2.75) is 53.6 Å². The van der Waals surface area contributed by atoms with E-state index in [2.05, 4.69) is 32.9 Å². The number of ketones is 1. The molecule has 2 heteroatoms. The Morgan fingerprint density at radius 3 is 2.11 bits per heavy atom. The standard InChI is InChI=1S/C16H24O2/c1-7-18-16(5,6)15(17)10-14-12(3)8-11(2)9-13(14)4/h8-9H,7,10H2,1-6H3. The second-order valence-electron chi connectivity index (χ2n) is 5.42. The molecule has 0 heterocycles. The topological polar surface area (TPSA) is 26.3 Å². The third-order valence-electron chi connectivity index (χ3n) is 3.35. The summed E-state index contributed by atoms with van der Waals surface area (Å²) in [5.41, 5.74) is 4.06. The van der Waals surface area contributed by atoms with Gasteiger partial charge in [0.15, 0.2) is 5.78 Å². The van der Waals surface area contributed by atoms with Crippen LogP contribution in [0.1, 0.15) is 43.0 Å². The molecule has 0 bridgehead atoms. The van der Waals surface area contributed by atoms with Crippen molar-refractivity contribution in [2.24, 2.45) is 0 Å². The van der Waals surface area contributed by atoms with Crippen molar-refractivity contribution >= 4 is 5.78 Å². The highest BCUT2D eigenvalue weighted by Crippen LogP contribution is 2.21. The third kappa shape index (κ3) is 3.42. The maximum Gasteiger partial charge on any atom is 0.168 e. The van der Waals surface area contributed by atoms with Gasteiger partial charge in [-0.2, -0.15) is 0 Å². The molecule has 1 rings (SSSR count). The number of hydrogen-bond acceptors (Lipinski definition) is 2. The van der Waals surface area contributed by atoms with Gasteiger partial charge in [0.05, 0.1) is 0 Å². The van der Waals surface area contributed by atoms with Crippen molar-refractivity contribution in [3.8, 4) is 0 Å². The van der Waals surface area contributed by atoms with Gasteiger partial charge in [-0.1, -0.05) is 17.7 Å². The molecule has 0 N–H and O–H groups in total. The Labute approximate surface area is 110 Å². The molecule has 100 valence electrons. The van der Waals surface area contributed by atoms with Crippen molar-refractivity contribution in [1.29, 1.82) is 0 Å². The molecule has 0 aliphatic rings. The van der Waals surface area contributed by atoms with Crippen LogP contribution in [0.3, 0.4) is 0 Å². The zero-order chi connectivity index (χ0) is 13.9. The van der Waals surface area contributed by atoms with E-state index in [1.807, 2.05) is 20.8 Å². The van der Waals surface area contributed by atoms with Gasteiger partial charge < -0.3 is 4.74 Å². The molecule has 0 amide bonds. The van der Waals surface area contributed by atoms with Gasteiger partial charge in [-0.25, -0.2) is 0 Å². The van der Waals surface area contributed by atoms with E-state index >= 15 is 0 Å². The molecule has 0 aliphatic heterocycles. The first-order valence-corrected chi connectivity index (χ1v) is 6.52. The molecule has 0 saturated carbocycles. The molecule has 0 aromatic heterocycles. The molecule has 0 unspecified atom stereocenters. The van der Waals surface area contributed by atoms with Gasteiger partial charge in [0.1, 0.15) is 5.60 Å². The van der Waals surface area contributed by atoms with Crippen molar-refractivity contribution in [3.05, 3.63) is 34.4 Å². The number of Topliss-reactive ketones (excluding diaryl/α,β-unsaturated/α-hetero) is 1. The zero-order valence-electron chi connectivity index (χ0n) is 12.4. The lowest BCUT2D eigenvalue weighted by Crippen LogP contribution is -2.36. The largest absolute Gasteiger partial charge is 0.368 e. The average Bonchev–Trinajstić information content (AvgIpc) is 2.22. The third-order valence-corrected chi connectivity index (χ3v) is 3.35. The van der Waals surface area contributed by atoms with E-state index in [0.29, 0.717) is 13.0 Å². The molecule has 0 atom stereocenters. The minimum Gasteiger partial charge on any atom is -0.368 e. The number of hydrogen-bond donors (Lipinski definition) is 0. The summed E-state index contributed by atoms with van der Waals surface area (Å²) in [5.74, 6) is 0.138. The Morgan fingerprint density at radius 2 is 1.67 bits per heavy atom. The van der Waals surface area contributed by atoms with Gasteiger partial charge >= 0.3 is 0 Å². The Kier molecular flexibility index (Phi) is 4.69. The number of aryl methyl sites for hydroxylation is 3. The summed E-state index contributed by atoms with van der Waals surface area (Å²) in [7, 11) is 0. The van der Waals surface area contributed by atoms with E-state index < -0.39 is 5.60 Å². The normalized spacial score (nSPS) is 11.7. The molecule has 0 fully saturated rings. The van der Waals surface area contributed by atoms with Crippen molar-refractivity contribution < 1.29 is 9.53 Å². The van der Waals surface area contributed by atoms with E-state index in [-0.39, 0.29) is 5.78 Å². The highest BCUT2D eigenvalue weighted by molar-refractivity contribution is 5.89. The number of ether oxygens (including phenoxy) is 1. The van der Waals surface area contributed by atoms with Crippen LogP contribution in [-0.2, 0) is 16.0 Å². The van der Waals surface area contributed by atoms with Crippen LogP contribution in [0.5, 0.6) is 0 Å². The molecule has 0 radical (unpaired) electrons. The van der Waals surface area contributed by atoms with Crippen molar-refractivity contribution in [1.82, 2.24) is 0 Å². The van der Waals surface area contributed by atoms with Gasteiger partial charge in [0.2, 0.25) is 0 Å². The fraction of sp³-hybridized carbons (Fsp3) is 0.562. The summed E-state index contributed by atoms with van der Waals surface area (Å²) in [6, 6.07) is 4.26. The Bertz CT molecular complexity index is 421. The van der Waals surface area contributed by atoms with Crippen LogP contribution in [0, 0.1) is 20.8 Å². The lowest BCUT2D eigenvalue weighted by molar-refractivity contribution is -0.139. The maximum atomic E-state index is 12.3. The molecule has 1 aromatic carbocycles. The minimum absolute atomic E-state index is 0.138. The van der Waals surface area contributed by atoms with Gasteiger partial charge in [-0.15, -0.1) is 0 Å². The van der Waals surface area contributed by atoms with Gasteiger partial charge in [-0.3, -0.25) is 4.79 Å². The second kappa shape index (κ2) is 5.66. The molecular weight excluding hydrogens is 224 g/mol. The summed E-state index contributed by atoms with van der Waals surface area (Å²) in [6.45, 7) is 12.4. The van der Waals surface area contributed by atoms with Crippen LogP contribution < -0.4 is 0 Å². The Hall–Kier alpha value is -1.15. The molecular formula is C16H24O2. The molecule has 18 heavy (non-hydrogen) atoms. The molecule has 0 aliphatic carbocycles. The van der Waals surface area contributed by atoms with Crippen molar-refractivity contribution in [3.63, 3.8) is 0 Å². The highest BCUT2D eigenvalue weighted by Gasteiger charge is 2.28. The smallest absolute Gasteiger partial charge is 0.168 e. The van der Waals surface area contributed by atoms with Crippen LogP contribution in [0.15, 0.2) is 12.1 Å². The van der Waals surface area contributed by atoms with Crippen LogP contribution in [0.4, 0.5) is 0 Å². The fourth-order valence-electron chi connectivity index (χ4n) is 2.30. The summed E-state index contributed by atoms with van der Waals surface area (Å²) >= 11 is 0. The summed E-state index contributed by atoms with van der Waals surface area (Å²) in [5, 5.41) is 0. The molecule has 0 saturated heterocycles. The summed E-state index contributed by atoms with van der Waals surface area (Å²) < 4.78 is 5.52. The summed E-state index contributed by atoms with van der Waals surface area (Å²) in [6.07, 6.45) is 0.449. The van der Waals surface area contributed by atoms with Crippen LogP contribution in [0.2, 0.25) is 0 Å². The molecule has 1 aromatic rings. The van der Waals surface area contributed by atoms with Gasteiger partial charge in [-0.05, 0) is 58.2 Å². The fourth-order valence-corrected chi connectivity index (χ4v) is 2.30. The first kappa shape index (κ1) is 14.9.